The fraction of sp³-hybridized carbons (Fsp3) is 0.152. The zero-order chi connectivity index (χ0) is 34.5. The maximum absolute atomic E-state index is 13.7. The van der Waals surface area contributed by atoms with Crippen LogP contribution in [0.5, 0.6) is 5.75 Å². The number of carboxylic acids is 2. The lowest BCUT2D eigenvalue weighted by Crippen LogP contribution is -2.53. The van der Waals surface area contributed by atoms with E-state index in [4.69, 9.17) is 16.7 Å². The molecule has 47 heavy (non-hydrogen) atoms. The molecule has 1 unspecified atom stereocenters. The van der Waals surface area contributed by atoms with Gasteiger partial charge in [-0.05, 0) is 64.2 Å². The molecular weight excluding hydrogens is 648 g/mol. The Labute approximate surface area is 269 Å². The van der Waals surface area contributed by atoms with Gasteiger partial charge in [-0.15, -0.1) is 0 Å². The molecule has 4 aromatic carbocycles. The largest absolute Gasteiger partial charge is 0.507 e. The molecule has 5 N–H and O–H groups in total. The van der Waals surface area contributed by atoms with Gasteiger partial charge in [0.25, 0.3) is 5.91 Å². The van der Waals surface area contributed by atoms with Crippen molar-refractivity contribution in [2.75, 3.05) is 0 Å². The van der Waals surface area contributed by atoms with Crippen molar-refractivity contribution in [1.29, 1.82) is 0 Å². The van der Waals surface area contributed by atoms with Gasteiger partial charge in [0.05, 0.1) is 22.6 Å². The van der Waals surface area contributed by atoms with E-state index in [0.29, 0.717) is 22.3 Å². The second kappa shape index (κ2) is 14.3. The summed E-state index contributed by atoms with van der Waals surface area (Å²) in [6, 6.07) is 15.0. The molecule has 0 saturated carbocycles. The number of carboxylic acid groups (broad SMARTS) is 2. The molecule has 244 valence electrons. The van der Waals surface area contributed by atoms with Gasteiger partial charge >= 0.3 is 18.1 Å². The number of phenolic OH excluding ortho intramolecular Hbond substituents is 1. The number of alkyl halides is 3. The SMILES string of the molecule is O=C(O)CC(NC(=O)[C@H](Cc1ccc(-c2cccc(C(F)(F)F)c2)cc1)NC(=O)c1cc(-c2ccc(F)c(Cl)c2)ccc1O)C(=O)O. The van der Waals surface area contributed by atoms with Crippen LogP contribution >= 0.6 is 11.6 Å². The Hall–Kier alpha value is -5.43. The number of hydrogen-bond acceptors (Lipinski definition) is 5. The van der Waals surface area contributed by atoms with Gasteiger partial charge in [-0.1, -0.05) is 60.1 Å². The number of aliphatic carboxylic acids is 2. The number of benzene rings is 4. The summed E-state index contributed by atoms with van der Waals surface area (Å²) in [7, 11) is 0. The minimum absolute atomic E-state index is 0.188. The van der Waals surface area contributed by atoms with Gasteiger partial charge in [0.15, 0.2) is 0 Å². The Bertz CT molecular complexity index is 1830. The fourth-order valence-corrected chi connectivity index (χ4v) is 4.79. The highest BCUT2D eigenvalue weighted by atomic mass is 35.5. The standard InChI is InChI=1S/C33H25ClF4N2O7/c34-24-15-21(8-10-25(24)35)20-9-11-28(41)23(14-20)30(44)39-26(31(45)40-27(32(46)47)16-29(42)43)12-17-4-6-18(7-5-17)19-2-1-3-22(13-19)33(36,37)38/h1-11,13-15,26-27,41H,12,16H2,(H,39,44)(H,40,45)(H,42,43)(H,46,47)/t26-,27?/m0/s1. The van der Waals surface area contributed by atoms with E-state index in [-0.39, 0.29) is 22.6 Å². The number of carbonyl (C=O) groups excluding carboxylic acids is 2. The minimum Gasteiger partial charge on any atom is -0.507 e. The van der Waals surface area contributed by atoms with Crippen molar-refractivity contribution in [3.8, 4) is 28.0 Å². The predicted octanol–water partition coefficient (Wildman–Crippen LogP) is 5.92. The van der Waals surface area contributed by atoms with Crippen LogP contribution in [-0.4, -0.2) is 51.2 Å². The molecule has 0 aliphatic heterocycles. The fourth-order valence-electron chi connectivity index (χ4n) is 4.61. The van der Waals surface area contributed by atoms with Gasteiger partial charge in [0.2, 0.25) is 5.91 Å². The smallest absolute Gasteiger partial charge is 0.416 e. The van der Waals surface area contributed by atoms with E-state index in [1.165, 1.54) is 66.7 Å². The van der Waals surface area contributed by atoms with Crippen LogP contribution in [0.15, 0.2) is 84.9 Å². The van der Waals surface area contributed by atoms with Crippen molar-refractivity contribution < 1.29 is 52.1 Å². The van der Waals surface area contributed by atoms with Gasteiger partial charge in [-0.3, -0.25) is 14.4 Å². The lowest BCUT2D eigenvalue weighted by atomic mass is 9.98. The molecule has 2 amide bonds. The van der Waals surface area contributed by atoms with Crippen LogP contribution in [0.1, 0.15) is 27.9 Å². The van der Waals surface area contributed by atoms with Crippen LogP contribution < -0.4 is 10.6 Å². The first-order valence-corrected chi connectivity index (χ1v) is 14.1. The summed E-state index contributed by atoms with van der Waals surface area (Å²) in [4.78, 5) is 49.4. The first-order valence-electron chi connectivity index (χ1n) is 13.7. The van der Waals surface area contributed by atoms with Crippen LogP contribution in [0.25, 0.3) is 22.3 Å². The number of carbonyl (C=O) groups is 4. The Morgan fingerprint density at radius 3 is 2.00 bits per heavy atom. The van der Waals surface area contributed by atoms with Gasteiger partial charge in [0.1, 0.15) is 23.7 Å². The topological polar surface area (TPSA) is 153 Å². The molecule has 0 spiro atoms. The first kappa shape index (κ1) is 34.4. The molecule has 0 aromatic heterocycles. The van der Waals surface area contributed by atoms with E-state index in [1.807, 2.05) is 0 Å². The maximum atomic E-state index is 13.7. The van der Waals surface area contributed by atoms with E-state index in [9.17, 15) is 47.0 Å². The molecule has 14 heteroatoms. The summed E-state index contributed by atoms with van der Waals surface area (Å²) in [5.41, 5.74) is 0.686. The first-order chi connectivity index (χ1) is 22.1. The van der Waals surface area contributed by atoms with E-state index in [0.717, 1.165) is 18.2 Å². The Morgan fingerprint density at radius 1 is 0.766 bits per heavy atom. The lowest BCUT2D eigenvalue weighted by Gasteiger charge is -2.21. The molecule has 0 saturated heterocycles. The monoisotopic (exact) mass is 672 g/mol. The molecule has 0 aliphatic rings. The predicted molar refractivity (Wildman–Crippen MR) is 162 cm³/mol. The summed E-state index contributed by atoms with van der Waals surface area (Å²) in [6.07, 6.45) is -5.78. The summed E-state index contributed by atoms with van der Waals surface area (Å²) >= 11 is 5.87. The van der Waals surface area contributed by atoms with Gasteiger partial charge < -0.3 is 26.0 Å². The van der Waals surface area contributed by atoms with Crippen LogP contribution in [0.3, 0.4) is 0 Å². The number of hydrogen-bond donors (Lipinski definition) is 5. The second-order valence-electron chi connectivity index (χ2n) is 10.4. The van der Waals surface area contributed by atoms with E-state index in [1.54, 1.807) is 0 Å². The molecule has 0 aliphatic carbocycles. The van der Waals surface area contributed by atoms with Gasteiger partial charge in [-0.25, -0.2) is 9.18 Å². The lowest BCUT2D eigenvalue weighted by molar-refractivity contribution is -0.147. The van der Waals surface area contributed by atoms with Crippen molar-refractivity contribution >= 4 is 35.4 Å². The van der Waals surface area contributed by atoms with Crippen molar-refractivity contribution in [1.82, 2.24) is 10.6 Å². The van der Waals surface area contributed by atoms with Crippen LogP contribution in [-0.2, 0) is 27.0 Å². The molecule has 0 bridgehead atoms. The zero-order valence-corrected chi connectivity index (χ0v) is 24.8. The quantitative estimate of drug-likeness (QED) is 0.124. The van der Waals surface area contributed by atoms with Crippen molar-refractivity contribution in [3.05, 3.63) is 112 Å². The molecular formula is C33H25ClF4N2O7. The van der Waals surface area contributed by atoms with Crippen molar-refractivity contribution in [3.63, 3.8) is 0 Å². The average Bonchev–Trinajstić information content (AvgIpc) is 3.01. The molecule has 9 nitrogen and oxygen atoms in total. The van der Waals surface area contributed by atoms with Crippen LogP contribution in [0.4, 0.5) is 17.6 Å². The van der Waals surface area contributed by atoms with E-state index in [2.05, 4.69) is 10.6 Å². The van der Waals surface area contributed by atoms with Gasteiger partial charge in [-0.2, -0.15) is 13.2 Å². The highest BCUT2D eigenvalue weighted by Crippen LogP contribution is 2.32. The second-order valence-corrected chi connectivity index (χ2v) is 10.8. The van der Waals surface area contributed by atoms with E-state index >= 15 is 0 Å². The minimum atomic E-state index is -4.55. The van der Waals surface area contributed by atoms with Gasteiger partial charge in [0, 0.05) is 6.42 Å². The summed E-state index contributed by atoms with van der Waals surface area (Å²) in [5, 5.41) is 33.3. The molecule has 0 heterocycles. The van der Waals surface area contributed by atoms with Crippen molar-refractivity contribution in [2.24, 2.45) is 0 Å². The third kappa shape index (κ3) is 8.85. The Morgan fingerprint density at radius 2 is 1.38 bits per heavy atom. The highest BCUT2D eigenvalue weighted by molar-refractivity contribution is 6.31. The Kier molecular flexibility index (Phi) is 10.5. The Balaban J connectivity index is 1.63. The molecule has 0 radical (unpaired) electrons. The molecule has 4 rings (SSSR count). The molecule has 2 atom stereocenters. The summed E-state index contributed by atoms with van der Waals surface area (Å²) in [5.74, 6) is -6.34. The molecule has 4 aromatic rings. The third-order valence-electron chi connectivity index (χ3n) is 7.03. The third-order valence-corrected chi connectivity index (χ3v) is 7.32. The van der Waals surface area contributed by atoms with Crippen molar-refractivity contribution in [2.45, 2.75) is 31.1 Å². The summed E-state index contributed by atoms with van der Waals surface area (Å²) in [6.45, 7) is 0. The van der Waals surface area contributed by atoms with Crippen LogP contribution in [0, 0.1) is 5.82 Å². The average molecular weight is 673 g/mol. The van der Waals surface area contributed by atoms with Crippen LogP contribution in [0.2, 0.25) is 5.02 Å². The number of halogens is 5. The number of amides is 2. The zero-order valence-electron chi connectivity index (χ0n) is 24.0. The number of rotatable bonds is 11. The molecule has 0 fully saturated rings. The normalized spacial score (nSPS) is 12.5. The number of aromatic hydroxyl groups is 1. The maximum Gasteiger partial charge on any atom is 0.416 e. The highest BCUT2D eigenvalue weighted by Gasteiger charge is 2.31. The van der Waals surface area contributed by atoms with E-state index < -0.39 is 65.6 Å². The number of phenols is 1. The number of nitrogens with one attached hydrogen (secondary N) is 2. The summed E-state index contributed by atoms with van der Waals surface area (Å²) < 4.78 is 53.3.